The van der Waals surface area contributed by atoms with Gasteiger partial charge in [0.1, 0.15) is 4.75 Å². The molecule has 0 amide bonds. The number of ether oxygens (including phenoxy) is 1. The van der Waals surface area contributed by atoms with Gasteiger partial charge in [-0.05, 0) is 42.7 Å². The molecule has 0 aliphatic carbocycles. The number of aliphatic carboxylic acids is 1. The van der Waals surface area contributed by atoms with E-state index in [1.807, 2.05) is 29.6 Å². The molecular formula is C30H32N2O3S2. The van der Waals surface area contributed by atoms with Crippen molar-refractivity contribution in [3.05, 3.63) is 102 Å². The molecule has 7 heteroatoms. The fourth-order valence-corrected chi connectivity index (χ4v) is 6.01. The smallest absolute Gasteiger partial charge is 0.319 e. The minimum absolute atomic E-state index is 0.588. The van der Waals surface area contributed by atoms with E-state index >= 15 is 0 Å². The van der Waals surface area contributed by atoms with Gasteiger partial charge in [-0.15, -0.1) is 11.3 Å². The van der Waals surface area contributed by atoms with Crippen molar-refractivity contribution in [2.24, 2.45) is 0 Å². The fourth-order valence-electron chi connectivity index (χ4n) is 3.78. The molecule has 5 nitrogen and oxygen atoms in total. The SMILES string of the molecule is CC(C)(Sc1nc(CCN(CCOCc2ccccc2)c2cccc(-c3ccccc3)c2)cs1)C(=O)O. The zero-order chi connectivity index (χ0) is 26.1. The van der Waals surface area contributed by atoms with Crippen molar-refractivity contribution in [3.63, 3.8) is 0 Å². The van der Waals surface area contributed by atoms with E-state index in [0.717, 1.165) is 40.8 Å². The monoisotopic (exact) mass is 532 g/mol. The van der Waals surface area contributed by atoms with Gasteiger partial charge in [-0.3, -0.25) is 4.79 Å². The number of hydrogen-bond acceptors (Lipinski definition) is 6. The summed E-state index contributed by atoms with van der Waals surface area (Å²) in [4.78, 5) is 18.5. The van der Waals surface area contributed by atoms with Crippen LogP contribution in [0.1, 0.15) is 25.1 Å². The van der Waals surface area contributed by atoms with Gasteiger partial charge in [-0.2, -0.15) is 0 Å². The van der Waals surface area contributed by atoms with E-state index < -0.39 is 10.7 Å². The van der Waals surface area contributed by atoms with Crippen LogP contribution in [0.25, 0.3) is 11.1 Å². The molecular weight excluding hydrogens is 500 g/mol. The topological polar surface area (TPSA) is 62.7 Å². The van der Waals surface area contributed by atoms with Crippen molar-refractivity contribution >= 4 is 34.8 Å². The van der Waals surface area contributed by atoms with Crippen molar-refractivity contribution < 1.29 is 14.6 Å². The van der Waals surface area contributed by atoms with Gasteiger partial charge in [0.15, 0.2) is 4.34 Å². The standard InChI is InChI=1S/C30H32N2O3S2/c1-30(2,28(33)34)37-29-31-26(22-36-29)16-17-32(18-19-35-21-23-10-5-3-6-11-23)27-15-9-14-25(20-27)24-12-7-4-8-13-24/h3-15,20,22H,16-19,21H2,1-2H3,(H,33,34). The molecule has 0 aliphatic rings. The second-order valence-corrected chi connectivity index (χ2v) is 11.9. The summed E-state index contributed by atoms with van der Waals surface area (Å²) < 4.78 is 5.88. The molecule has 0 spiro atoms. The number of thioether (sulfide) groups is 1. The lowest BCUT2D eigenvalue weighted by Crippen LogP contribution is -2.29. The lowest BCUT2D eigenvalue weighted by Gasteiger charge is -2.25. The van der Waals surface area contributed by atoms with Crippen LogP contribution in [-0.2, 0) is 22.6 Å². The normalized spacial score (nSPS) is 11.4. The zero-order valence-electron chi connectivity index (χ0n) is 21.2. The first-order valence-corrected chi connectivity index (χ1v) is 14.0. The van der Waals surface area contributed by atoms with Crippen molar-refractivity contribution in [2.45, 2.75) is 36.0 Å². The van der Waals surface area contributed by atoms with Crippen molar-refractivity contribution in [1.82, 2.24) is 4.98 Å². The largest absolute Gasteiger partial charge is 0.480 e. The van der Waals surface area contributed by atoms with Gasteiger partial charge in [0, 0.05) is 30.6 Å². The summed E-state index contributed by atoms with van der Waals surface area (Å²) in [5, 5.41) is 11.5. The third-order valence-corrected chi connectivity index (χ3v) is 8.13. The molecule has 0 atom stereocenters. The Morgan fingerprint density at radius 1 is 0.973 bits per heavy atom. The molecule has 1 N–H and O–H groups in total. The van der Waals surface area contributed by atoms with E-state index in [9.17, 15) is 9.90 Å². The molecule has 0 aliphatic heterocycles. The van der Waals surface area contributed by atoms with Crippen molar-refractivity contribution in [2.75, 3.05) is 24.6 Å². The summed E-state index contributed by atoms with van der Waals surface area (Å²) >= 11 is 2.80. The summed E-state index contributed by atoms with van der Waals surface area (Å²) in [5.41, 5.74) is 5.64. The number of aromatic nitrogens is 1. The maximum atomic E-state index is 11.5. The molecule has 0 saturated heterocycles. The Morgan fingerprint density at radius 3 is 2.41 bits per heavy atom. The Balaban J connectivity index is 1.44. The average Bonchev–Trinajstić information content (AvgIpc) is 3.35. The molecule has 0 saturated carbocycles. The Labute approximate surface area is 227 Å². The summed E-state index contributed by atoms with van der Waals surface area (Å²) in [7, 11) is 0. The van der Waals surface area contributed by atoms with Crippen LogP contribution >= 0.6 is 23.1 Å². The van der Waals surface area contributed by atoms with Crippen LogP contribution < -0.4 is 4.90 Å². The second-order valence-electron chi connectivity index (χ2n) is 9.21. The number of carboxylic acid groups (broad SMARTS) is 1. The number of rotatable bonds is 13. The number of nitrogens with zero attached hydrogens (tertiary/aromatic N) is 2. The van der Waals surface area contributed by atoms with Crippen LogP contribution in [-0.4, -0.2) is 40.5 Å². The molecule has 0 unspecified atom stereocenters. The van der Waals surface area contributed by atoms with Gasteiger partial charge in [-0.25, -0.2) is 4.98 Å². The Morgan fingerprint density at radius 2 is 1.68 bits per heavy atom. The molecule has 4 aromatic rings. The number of hydrogen-bond donors (Lipinski definition) is 1. The predicted molar refractivity (Wildman–Crippen MR) is 154 cm³/mol. The van der Waals surface area contributed by atoms with Gasteiger partial charge in [0.25, 0.3) is 0 Å². The first-order valence-electron chi connectivity index (χ1n) is 12.3. The highest BCUT2D eigenvalue weighted by atomic mass is 32.2. The summed E-state index contributed by atoms with van der Waals surface area (Å²) in [6.07, 6.45) is 0.763. The van der Waals surface area contributed by atoms with Crippen LogP contribution in [0, 0.1) is 0 Å². The quantitative estimate of drug-likeness (QED) is 0.147. The lowest BCUT2D eigenvalue weighted by molar-refractivity contribution is -0.138. The minimum atomic E-state index is -0.908. The predicted octanol–water partition coefficient (Wildman–Crippen LogP) is 7.03. The molecule has 1 heterocycles. The van der Waals surface area contributed by atoms with Gasteiger partial charge in [0.2, 0.25) is 0 Å². The van der Waals surface area contributed by atoms with E-state index in [1.165, 1.54) is 34.2 Å². The van der Waals surface area contributed by atoms with E-state index in [2.05, 4.69) is 65.6 Å². The highest BCUT2D eigenvalue weighted by Gasteiger charge is 2.29. The van der Waals surface area contributed by atoms with Gasteiger partial charge in [-0.1, -0.05) is 84.6 Å². The van der Waals surface area contributed by atoms with Crippen molar-refractivity contribution in [1.29, 1.82) is 0 Å². The van der Waals surface area contributed by atoms with Crippen LogP contribution in [0.3, 0.4) is 0 Å². The number of anilines is 1. The Bertz CT molecular complexity index is 1280. The first kappa shape index (κ1) is 26.9. The first-order chi connectivity index (χ1) is 17.9. The summed E-state index contributed by atoms with van der Waals surface area (Å²) in [5.74, 6) is -0.839. The number of carboxylic acids is 1. The summed E-state index contributed by atoms with van der Waals surface area (Å²) in [6.45, 7) is 6.14. The maximum Gasteiger partial charge on any atom is 0.319 e. The molecule has 0 bridgehead atoms. The highest BCUT2D eigenvalue weighted by molar-refractivity contribution is 8.03. The number of thiazole rings is 1. The van der Waals surface area contributed by atoms with Gasteiger partial charge < -0.3 is 14.7 Å². The molecule has 3 aromatic carbocycles. The molecule has 0 fully saturated rings. The van der Waals surface area contributed by atoms with E-state index in [4.69, 9.17) is 9.72 Å². The van der Waals surface area contributed by atoms with Crippen LogP contribution in [0.15, 0.2) is 94.6 Å². The number of carbonyl (C=O) groups is 1. The molecule has 37 heavy (non-hydrogen) atoms. The molecule has 192 valence electrons. The summed E-state index contributed by atoms with van der Waals surface area (Å²) in [6, 6.07) is 29.2. The highest BCUT2D eigenvalue weighted by Crippen LogP contribution is 2.35. The van der Waals surface area contributed by atoms with Gasteiger partial charge in [0.05, 0.1) is 18.9 Å². The van der Waals surface area contributed by atoms with Crippen LogP contribution in [0.2, 0.25) is 0 Å². The van der Waals surface area contributed by atoms with E-state index in [-0.39, 0.29) is 0 Å². The molecule has 1 aromatic heterocycles. The van der Waals surface area contributed by atoms with Gasteiger partial charge >= 0.3 is 5.97 Å². The fraction of sp³-hybridized carbons (Fsp3) is 0.267. The van der Waals surface area contributed by atoms with Crippen LogP contribution in [0.4, 0.5) is 5.69 Å². The third kappa shape index (κ3) is 7.92. The zero-order valence-corrected chi connectivity index (χ0v) is 22.8. The Hall–Kier alpha value is -3.13. The molecule has 0 radical (unpaired) electrons. The van der Waals surface area contributed by atoms with E-state index in [1.54, 1.807) is 13.8 Å². The Kier molecular flexibility index (Phi) is 9.39. The number of benzene rings is 3. The lowest BCUT2D eigenvalue weighted by atomic mass is 10.0. The molecule has 4 rings (SSSR count). The van der Waals surface area contributed by atoms with Crippen molar-refractivity contribution in [3.8, 4) is 11.1 Å². The minimum Gasteiger partial charge on any atom is -0.480 e. The van der Waals surface area contributed by atoms with Crippen LogP contribution in [0.5, 0.6) is 0 Å². The maximum absolute atomic E-state index is 11.5. The van der Waals surface area contributed by atoms with E-state index in [0.29, 0.717) is 13.2 Å². The second kappa shape index (κ2) is 12.9. The third-order valence-electron chi connectivity index (χ3n) is 5.96. The average molecular weight is 533 g/mol.